The first kappa shape index (κ1) is 21.2. The summed E-state index contributed by atoms with van der Waals surface area (Å²) in [7, 11) is -3.26. The van der Waals surface area contributed by atoms with Gasteiger partial charge in [0.25, 0.3) is 0 Å². The van der Waals surface area contributed by atoms with Crippen molar-refractivity contribution in [1.82, 2.24) is 14.9 Å². The third-order valence-electron chi connectivity index (χ3n) is 5.12. The smallest absolute Gasteiger partial charge is 0.213 e. The van der Waals surface area contributed by atoms with Gasteiger partial charge in [0.2, 0.25) is 10.0 Å². The van der Waals surface area contributed by atoms with Crippen LogP contribution >= 0.6 is 24.0 Å². The van der Waals surface area contributed by atoms with Crippen molar-refractivity contribution in [3.63, 3.8) is 0 Å². The molecular weight excluding hydrogens is 455 g/mol. The number of nitrogens with one attached hydrogen (secondary N) is 2. The Kier molecular flexibility index (Phi) is 7.37. The van der Waals surface area contributed by atoms with Crippen LogP contribution in [0.5, 0.6) is 0 Å². The van der Waals surface area contributed by atoms with Crippen LogP contribution in [-0.4, -0.2) is 69.5 Å². The van der Waals surface area contributed by atoms with Crippen LogP contribution in [0.1, 0.15) is 33.6 Å². The minimum atomic E-state index is -3.26. The highest BCUT2D eigenvalue weighted by Crippen LogP contribution is 2.47. The van der Waals surface area contributed by atoms with E-state index in [2.05, 4.69) is 19.9 Å². The molecule has 3 saturated heterocycles. The highest BCUT2D eigenvalue weighted by Gasteiger charge is 2.53. The van der Waals surface area contributed by atoms with Gasteiger partial charge in [0.1, 0.15) is 0 Å². The molecule has 2 bridgehead atoms. The van der Waals surface area contributed by atoms with Gasteiger partial charge in [-0.1, -0.05) is 0 Å². The molecule has 0 saturated carbocycles. The lowest BCUT2D eigenvalue weighted by molar-refractivity contribution is 0.0767. The number of ether oxygens (including phenoxy) is 1. The fourth-order valence-corrected chi connectivity index (χ4v) is 5.42. The molecule has 0 amide bonds. The molecule has 9 heteroatoms. The van der Waals surface area contributed by atoms with Gasteiger partial charge in [-0.15, -0.1) is 24.0 Å². The normalized spacial score (nSPS) is 31.4. The molecule has 0 aromatic carbocycles. The van der Waals surface area contributed by atoms with Crippen LogP contribution in [0.3, 0.4) is 0 Å². The summed E-state index contributed by atoms with van der Waals surface area (Å²) >= 11 is 0. The third kappa shape index (κ3) is 4.98. The predicted octanol–water partition coefficient (Wildman–Crippen LogP) is 1.01. The Morgan fingerprint density at radius 1 is 1.24 bits per heavy atom. The van der Waals surface area contributed by atoms with Gasteiger partial charge in [-0.2, -0.15) is 0 Å². The first-order chi connectivity index (χ1) is 11.4. The lowest BCUT2D eigenvalue weighted by atomic mass is 9.82. The molecule has 4 atom stereocenters. The van der Waals surface area contributed by atoms with Crippen LogP contribution in [0, 0.1) is 11.8 Å². The standard InChI is InChI=1S/C16H30N4O3S.HI/c1-4-17-16(18-7-8-24(21,22)19-11(2)3)20-9-12-13(10-20)15-6-5-14(12)23-15;/h11-15,19H,4-10H2,1-3H3,(H,17,18);1H. The second-order valence-electron chi connectivity index (χ2n) is 7.35. The molecule has 3 heterocycles. The SMILES string of the molecule is CCNC(=NCCS(=O)(=O)NC(C)C)N1CC2C3CCC(O3)C2C1.I. The minimum absolute atomic E-state index is 0. The molecule has 7 nitrogen and oxygen atoms in total. The molecule has 3 rings (SSSR count). The number of guanidine groups is 1. The minimum Gasteiger partial charge on any atom is -0.374 e. The zero-order valence-electron chi connectivity index (χ0n) is 15.3. The number of aliphatic imine (C=N–C) groups is 1. The topological polar surface area (TPSA) is 83.0 Å². The maximum atomic E-state index is 11.9. The average Bonchev–Trinajstić information content (AvgIpc) is 3.17. The molecule has 0 spiro atoms. The average molecular weight is 486 g/mol. The van der Waals surface area contributed by atoms with Crippen LogP contribution in [-0.2, 0) is 14.8 Å². The largest absolute Gasteiger partial charge is 0.374 e. The number of likely N-dealkylation sites (tertiary alicyclic amines) is 1. The molecule has 3 aliphatic heterocycles. The van der Waals surface area contributed by atoms with Crippen LogP contribution in [0.25, 0.3) is 0 Å². The highest BCUT2D eigenvalue weighted by atomic mass is 127. The molecule has 3 aliphatic rings. The summed E-state index contributed by atoms with van der Waals surface area (Å²) < 4.78 is 32.5. The lowest BCUT2D eigenvalue weighted by Gasteiger charge is -2.23. The third-order valence-corrected chi connectivity index (χ3v) is 6.67. The van der Waals surface area contributed by atoms with Crippen molar-refractivity contribution in [1.29, 1.82) is 0 Å². The molecule has 3 fully saturated rings. The quantitative estimate of drug-likeness (QED) is 0.333. The van der Waals surface area contributed by atoms with E-state index < -0.39 is 10.0 Å². The van der Waals surface area contributed by atoms with Crippen molar-refractivity contribution in [2.75, 3.05) is 31.9 Å². The van der Waals surface area contributed by atoms with Gasteiger partial charge in [0, 0.05) is 37.5 Å². The highest BCUT2D eigenvalue weighted by molar-refractivity contribution is 14.0. The Labute approximate surface area is 168 Å². The van der Waals surface area contributed by atoms with Crippen molar-refractivity contribution >= 4 is 40.0 Å². The summed E-state index contributed by atoms with van der Waals surface area (Å²) in [5.41, 5.74) is 0. The number of rotatable bonds is 6. The van der Waals surface area contributed by atoms with E-state index in [1.54, 1.807) is 0 Å². The van der Waals surface area contributed by atoms with Crippen molar-refractivity contribution in [2.24, 2.45) is 16.8 Å². The van der Waals surface area contributed by atoms with Crippen molar-refractivity contribution in [3.05, 3.63) is 0 Å². The molecule has 4 unspecified atom stereocenters. The van der Waals surface area contributed by atoms with Crippen LogP contribution in [0.4, 0.5) is 0 Å². The van der Waals surface area contributed by atoms with Gasteiger partial charge in [-0.25, -0.2) is 13.1 Å². The summed E-state index contributed by atoms with van der Waals surface area (Å²) in [5, 5.41) is 3.31. The molecule has 0 aromatic rings. The number of hydrogen-bond acceptors (Lipinski definition) is 4. The van der Waals surface area contributed by atoms with E-state index in [0.29, 0.717) is 24.0 Å². The molecule has 0 aromatic heterocycles. The van der Waals surface area contributed by atoms with Gasteiger partial charge in [0.05, 0.1) is 24.5 Å². The van der Waals surface area contributed by atoms with Gasteiger partial charge in [0.15, 0.2) is 5.96 Å². The summed E-state index contributed by atoms with van der Waals surface area (Å²) in [6, 6.07) is -0.0827. The molecule has 146 valence electrons. The van der Waals surface area contributed by atoms with Crippen LogP contribution in [0.2, 0.25) is 0 Å². The second kappa shape index (κ2) is 8.71. The van der Waals surface area contributed by atoms with Crippen LogP contribution in [0.15, 0.2) is 4.99 Å². The fraction of sp³-hybridized carbons (Fsp3) is 0.938. The number of fused-ring (bicyclic) bond motifs is 5. The van der Waals surface area contributed by atoms with E-state index in [-0.39, 0.29) is 42.3 Å². The number of halogens is 1. The lowest BCUT2D eigenvalue weighted by Crippen LogP contribution is -2.42. The second-order valence-corrected chi connectivity index (χ2v) is 9.22. The van der Waals surface area contributed by atoms with Gasteiger partial charge in [-0.05, 0) is 33.6 Å². The molecule has 2 N–H and O–H groups in total. The van der Waals surface area contributed by atoms with Gasteiger partial charge < -0.3 is 15.0 Å². The van der Waals surface area contributed by atoms with E-state index in [0.717, 1.165) is 25.6 Å². The molecule has 0 aliphatic carbocycles. The van der Waals surface area contributed by atoms with E-state index in [9.17, 15) is 8.42 Å². The summed E-state index contributed by atoms with van der Waals surface area (Å²) in [4.78, 5) is 6.84. The monoisotopic (exact) mass is 486 g/mol. The van der Waals surface area contributed by atoms with Gasteiger partial charge in [-0.3, -0.25) is 4.99 Å². The molecule has 0 radical (unpaired) electrons. The fourth-order valence-electron chi connectivity index (χ4n) is 4.25. The zero-order chi connectivity index (χ0) is 17.3. The van der Waals surface area contributed by atoms with Crippen LogP contribution < -0.4 is 10.0 Å². The van der Waals surface area contributed by atoms with Gasteiger partial charge >= 0.3 is 0 Å². The van der Waals surface area contributed by atoms with Crippen molar-refractivity contribution < 1.29 is 13.2 Å². The maximum absolute atomic E-state index is 11.9. The Morgan fingerprint density at radius 2 is 1.84 bits per heavy atom. The van der Waals surface area contributed by atoms with Crippen molar-refractivity contribution in [2.45, 2.75) is 51.9 Å². The van der Waals surface area contributed by atoms with Crippen molar-refractivity contribution in [3.8, 4) is 0 Å². The first-order valence-electron chi connectivity index (χ1n) is 9.08. The summed E-state index contributed by atoms with van der Waals surface area (Å²) in [5.74, 6) is 2.08. The zero-order valence-corrected chi connectivity index (χ0v) is 18.4. The Bertz CT molecular complexity index is 566. The van der Waals surface area contributed by atoms with E-state index in [1.165, 1.54) is 12.8 Å². The number of sulfonamides is 1. The first-order valence-corrected chi connectivity index (χ1v) is 10.7. The molecular formula is C16H31IN4O3S. The van der Waals surface area contributed by atoms with E-state index in [4.69, 9.17) is 4.74 Å². The Morgan fingerprint density at radius 3 is 2.36 bits per heavy atom. The van der Waals surface area contributed by atoms with E-state index in [1.807, 2.05) is 20.8 Å². The Balaban J connectivity index is 0.00000225. The summed E-state index contributed by atoms with van der Waals surface area (Å²) in [6.07, 6.45) is 3.21. The van der Waals surface area contributed by atoms with E-state index >= 15 is 0 Å². The number of nitrogens with zero attached hydrogens (tertiary/aromatic N) is 2. The molecule has 25 heavy (non-hydrogen) atoms. The Hall–Kier alpha value is -0.130. The maximum Gasteiger partial charge on any atom is 0.213 e. The predicted molar refractivity (Wildman–Crippen MR) is 110 cm³/mol. The summed E-state index contributed by atoms with van der Waals surface area (Å²) in [6.45, 7) is 8.68. The number of hydrogen-bond donors (Lipinski definition) is 2.